The summed E-state index contributed by atoms with van der Waals surface area (Å²) < 4.78 is 10.3. The molecule has 0 bridgehead atoms. The molecule has 0 spiro atoms. The number of nitrogens with two attached hydrogens (primary N) is 1. The minimum Gasteiger partial charge on any atom is -0.475 e. The van der Waals surface area contributed by atoms with Crippen LogP contribution in [0.5, 0.6) is 5.88 Å². The lowest BCUT2D eigenvalue weighted by Gasteiger charge is -2.11. The zero-order valence-corrected chi connectivity index (χ0v) is 12.4. The fraction of sp³-hybridized carbons (Fsp3) is 0.571. The molecular formula is C14H24N4O2. The first-order valence-corrected chi connectivity index (χ1v) is 6.78. The van der Waals surface area contributed by atoms with Gasteiger partial charge in [0.15, 0.2) is 5.96 Å². The first-order chi connectivity index (χ1) is 9.65. The second-order valence-electron chi connectivity index (χ2n) is 4.50. The molecule has 20 heavy (non-hydrogen) atoms. The summed E-state index contributed by atoms with van der Waals surface area (Å²) in [7, 11) is 1.63. The Morgan fingerprint density at radius 3 is 2.85 bits per heavy atom. The molecule has 1 unspecified atom stereocenters. The number of hydrogen-bond donors (Lipinski definition) is 2. The second-order valence-corrected chi connectivity index (χ2v) is 4.50. The molecule has 1 aromatic rings. The molecule has 1 rings (SSSR count). The van der Waals surface area contributed by atoms with Crippen molar-refractivity contribution in [2.45, 2.75) is 32.9 Å². The van der Waals surface area contributed by atoms with E-state index in [-0.39, 0.29) is 0 Å². The van der Waals surface area contributed by atoms with Crippen LogP contribution in [0, 0.1) is 0 Å². The lowest BCUT2D eigenvalue weighted by molar-refractivity contribution is 0.143. The van der Waals surface area contributed by atoms with Crippen LogP contribution in [0.4, 0.5) is 0 Å². The van der Waals surface area contributed by atoms with Crippen LogP contribution in [0.2, 0.25) is 0 Å². The molecule has 0 aliphatic carbocycles. The molecule has 0 aromatic carbocycles. The van der Waals surface area contributed by atoms with Crippen molar-refractivity contribution in [1.82, 2.24) is 10.3 Å². The number of nitrogens with one attached hydrogen (secondary N) is 1. The molecule has 1 aromatic heterocycles. The number of nitrogens with zero attached hydrogens (tertiary/aromatic N) is 2. The third-order valence-corrected chi connectivity index (χ3v) is 2.77. The van der Waals surface area contributed by atoms with E-state index >= 15 is 0 Å². The zero-order chi connectivity index (χ0) is 14.8. The summed E-state index contributed by atoms with van der Waals surface area (Å²) in [5.41, 5.74) is 6.77. The van der Waals surface area contributed by atoms with Gasteiger partial charge in [-0.2, -0.15) is 0 Å². The number of aliphatic imine (C=N–C) groups is 1. The normalized spacial score (nSPS) is 13.1. The van der Waals surface area contributed by atoms with Gasteiger partial charge in [-0.25, -0.2) is 9.98 Å². The van der Waals surface area contributed by atoms with Gasteiger partial charge in [-0.1, -0.05) is 13.0 Å². The molecule has 0 radical (unpaired) electrons. The number of guanidine groups is 1. The molecule has 6 nitrogen and oxygen atoms in total. The number of aromatic nitrogens is 1. The number of pyridine rings is 1. The van der Waals surface area contributed by atoms with Gasteiger partial charge < -0.3 is 20.5 Å². The van der Waals surface area contributed by atoms with Crippen LogP contribution in [-0.2, 0) is 11.3 Å². The minimum atomic E-state index is 0.327. The summed E-state index contributed by atoms with van der Waals surface area (Å²) in [6.07, 6.45) is 2.74. The highest BCUT2D eigenvalue weighted by Gasteiger charge is 2.00. The average Bonchev–Trinajstić information content (AvgIpc) is 2.46. The van der Waals surface area contributed by atoms with Crippen molar-refractivity contribution in [3.05, 3.63) is 23.9 Å². The first-order valence-electron chi connectivity index (χ1n) is 6.78. The van der Waals surface area contributed by atoms with Crippen LogP contribution < -0.4 is 15.8 Å². The molecule has 112 valence electrons. The molecule has 1 atom stereocenters. The smallest absolute Gasteiger partial charge is 0.213 e. The quantitative estimate of drug-likeness (QED) is 0.426. The molecular weight excluding hydrogens is 256 g/mol. The van der Waals surface area contributed by atoms with Gasteiger partial charge in [0.2, 0.25) is 5.88 Å². The third-order valence-electron chi connectivity index (χ3n) is 2.77. The molecule has 0 fully saturated rings. The van der Waals surface area contributed by atoms with Gasteiger partial charge >= 0.3 is 0 Å². The Morgan fingerprint density at radius 2 is 2.25 bits per heavy atom. The standard InChI is InChI=1S/C14H24N4O2/c1-4-11(2)18-14(15)17-10-12-5-6-13(16-9-12)20-8-7-19-3/h5-6,9,11H,4,7-8,10H2,1-3H3,(H3,15,17,18). The summed E-state index contributed by atoms with van der Waals surface area (Å²) >= 11 is 0. The van der Waals surface area contributed by atoms with Gasteiger partial charge in [-0.3, -0.25) is 0 Å². The molecule has 0 saturated carbocycles. The Labute approximate surface area is 120 Å². The summed E-state index contributed by atoms with van der Waals surface area (Å²) in [6, 6.07) is 4.07. The van der Waals surface area contributed by atoms with Crippen LogP contribution in [0.15, 0.2) is 23.3 Å². The van der Waals surface area contributed by atoms with Gasteiger partial charge in [0.05, 0.1) is 13.2 Å². The Morgan fingerprint density at radius 1 is 1.45 bits per heavy atom. The molecule has 0 amide bonds. The number of hydrogen-bond acceptors (Lipinski definition) is 4. The van der Waals surface area contributed by atoms with Gasteiger partial charge in [-0.15, -0.1) is 0 Å². The summed E-state index contributed by atoms with van der Waals surface area (Å²) in [6.45, 7) is 5.70. The van der Waals surface area contributed by atoms with Crippen molar-refractivity contribution in [2.75, 3.05) is 20.3 Å². The maximum absolute atomic E-state index is 5.79. The molecule has 0 aliphatic rings. The van der Waals surface area contributed by atoms with Crippen LogP contribution in [0.3, 0.4) is 0 Å². The monoisotopic (exact) mass is 280 g/mol. The Kier molecular flexibility index (Phi) is 7.42. The van der Waals surface area contributed by atoms with E-state index in [1.165, 1.54) is 0 Å². The minimum absolute atomic E-state index is 0.327. The van der Waals surface area contributed by atoms with Gasteiger partial charge in [0.1, 0.15) is 6.61 Å². The molecule has 0 aliphatic heterocycles. The Balaban J connectivity index is 2.42. The summed E-state index contributed by atoms with van der Waals surface area (Å²) in [4.78, 5) is 8.47. The van der Waals surface area contributed by atoms with Crippen LogP contribution in [-0.4, -0.2) is 37.3 Å². The largest absolute Gasteiger partial charge is 0.475 e. The van der Waals surface area contributed by atoms with E-state index in [2.05, 4.69) is 29.1 Å². The molecule has 6 heteroatoms. The van der Waals surface area contributed by atoms with Gasteiger partial charge in [0.25, 0.3) is 0 Å². The van der Waals surface area contributed by atoms with Gasteiger partial charge in [-0.05, 0) is 18.9 Å². The van der Waals surface area contributed by atoms with Crippen molar-refractivity contribution in [2.24, 2.45) is 10.7 Å². The topological polar surface area (TPSA) is 81.8 Å². The van der Waals surface area contributed by atoms with E-state index in [0.717, 1.165) is 12.0 Å². The second kappa shape index (κ2) is 9.14. The highest BCUT2D eigenvalue weighted by Crippen LogP contribution is 2.08. The third kappa shape index (κ3) is 6.38. The van der Waals surface area contributed by atoms with Crippen molar-refractivity contribution >= 4 is 5.96 Å². The van der Waals surface area contributed by atoms with E-state index in [4.69, 9.17) is 15.2 Å². The van der Waals surface area contributed by atoms with Crippen molar-refractivity contribution in [3.8, 4) is 5.88 Å². The van der Waals surface area contributed by atoms with Crippen LogP contribution >= 0.6 is 0 Å². The fourth-order valence-electron chi connectivity index (χ4n) is 1.40. The van der Waals surface area contributed by atoms with E-state index in [1.54, 1.807) is 13.3 Å². The predicted molar refractivity (Wildman–Crippen MR) is 79.8 cm³/mol. The lowest BCUT2D eigenvalue weighted by Crippen LogP contribution is -2.38. The van der Waals surface area contributed by atoms with Crippen molar-refractivity contribution in [1.29, 1.82) is 0 Å². The van der Waals surface area contributed by atoms with E-state index in [0.29, 0.717) is 37.6 Å². The Hall–Kier alpha value is -1.82. The maximum atomic E-state index is 5.79. The SMILES string of the molecule is CCC(C)NC(N)=NCc1ccc(OCCOC)nc1. The summed E-state index contributed by atoms with van der Waals surface area (Å²) in [5.74, 6) is 1.04. The first kappa shape index (κ1) is 16.2. The number of rotatable bonds is 8. The molecule has 3 N–H and O–H groups in total. The highest BCUT2D eigenvalue weighted by atomic mass is 16.5. The molecule has 1 heterocycles. The van der Waals surface area contributed by atoms with Crippen molar-refractivity contribution < 1.29 is 9.47 Å². The van der Waals surface area contributed by atoms with Gasteiger partial charge in [0, 0.05) is 25.4 Å². The highest BCUT2D eigenvalue weighted by molar-refractivity contribution is 5.78. The molecule has 0 saturated heterocycles. The lowest BCUT2D eigenvalue weighted by atomic mass is 10.3. The van der Waals surface area contributed by atoms with E-state index < -0.39 is 0 Å². The Bertz CT molecular complexity index is 406. The average molecular weight is 280 g/mol. The van der Waals surface area contributed by atoms with Crippen LogP contribution in [0.1, 0.15) is 25.8 Å². The van der Waals surface area contributed by atoms with Crippen LogP contribution in [0.25, 0.3) is 0 Å². The van der Waals surface area contributed by atoms with Crippen molar-refractivity contribution in [3.63, 3.8) is 0 Å². The maximum Gasteiger partial charge on any atom is 0.213 e. The zero-order valence-electron chi connectivity index (χ0n) is 12.4. The predicted octanol–water partition coefficient (Wildman–Crippen LogP) is 1.31. The van der Waals surface area contributed by atoms with E-state index in [1.807, 2.05) is 12.1 Å². The number of methoxy groups -OCH3 is 1. The fourth-order valence-corrected chi connectivity index (χ4v) is 1.40. The summed E-state index contributed by atoms with van der Waals surface area (Å²) in [5, 5.41) is 3.11. The number of ether oxygens (including phenoxy) is 2. The van der Waals surface area contributed by atoms with E-state index in [9.17, 15) is 0 Å².